The summed E-state index contributed by atoms with van der Waals surface area (Å²) in [6, 6.07) is 14.2. The summed E-state index contributed by atoms with van der Waals surface area (Å²) in [6.45, 7) is 3.57. The number of nitrogens with two attached hydrogens (primary N) is 2. The predicted octanol–water partition coefficient (Wildman–Crippen LogP) is 1.92. The van der Waals surface area contributed by atoms with Crippen LogP contribution in [-0.4, -0.2) is 63.1 Å². The second-order valence-electron chi connectivity index (χ2n) is 9.43. The molecule has 0 bridgehead atoms. The molecule has 1 aromatic carbocycles. The summed E-state index contributed by atoms with van der Waals surface area (Å²) >= 11 is 0. The van der Waals surface area contributed by atoms with Crippen molar-refractivity contribution in [1.82, 2.24) is 24.8 Å². The second-order valence-corrected chi connectivity index (χ2v) is 9.43. The quantitative estimate of drug-likeness (QED) is 0.321. The first-order valence-corrected chi connectivity index (χ1v) is 11.7. The van der Waals surface area contributed by atoms with E-state index in [1.165, 1.54) is 7.05 Å². The fourth-order valence-electron chi connectivity index (χ4n) is 3.62. The first-order chi connectivity index (χ1) is 17.5. The molecule has 0 saturated heterocycles. The Hall–Kier alpha value is -4.03. The van der Waals surface area contributed by atoms with Crippen molar-refractivity contribution in [3.05, 3.63) is 65.6 Å². The molecule has 3 rings (SSSR count). The lowest BCUT2D eigenvalue weighted by Gasteiger charge is -2.22. The van der Waals surface area contributed by atoms with Crippen molar-refractivity contribution in [1.29, 1.82) is 0 Å². The van der Waals surface area contributed by atoms with E-state index in [1.807, 2.05) is 30.3 Å². The van der Waals surface area contributed by atoms with Crippen LogP contribution in [0.2, 0.25) is 0 Å². The molecule has 2 heterocycles. The Morgan fingerprint density at radius 2 is 1.79 bits per heavy atom. The van der Waals surface area contributed by atoms with E-state index in [0.717, 1.165) is 10.5 Å². The number of nitrogens with one attached hydrogen (secondary N) is 1. The van der Waals surface area contributed by atoms with Gasteiger partial charge in [-0.15, -0.1) is 10.2 Å². The number of hydrogen-bond acceptors (Lipinski definition) is 8. The van der Waals surface area contributed by atoms with Crippen LogP contribution < -0.4 is 16.8 Å². The van der Waals surface area contributed by atoms with Crippen molar-refractivity contribution in [3.63, 3.8) is 0 Å². The van der Waals surface area contributed by atoms with Gasteiger partial charge in [-0.1, -0.05) is 43.8 Å². The van der Waals surface area contributed by atoms with Crippen LogP contribution in [0.5, 0.6) is 0 Å². The topological polar surface area (TPSA) is 167 Å². The zero-order chi connectivity index (χ0) is 27.0. The standard InChI is InChI=1S/C25H33N7O5.CH4/c1-25(2,27)12-22(34)28-19(16-36-14-17-8-5-4-6-9-17)23-30-29-21-11-7-10-18(32(21)23)15-37-24(35)31(3)13-20(26)33;/h4-11,19H,12-16,27H2,1-3H3,(H2,26,33)(H,28,34);1H4/t19-;/m1./s1. The summed E-state index contributed by atoms with van der Waals surface area (Å²) in [5, 5.41) is 11.5. The highest BCUT2D eigenvalue weighted by Crippen LogP contribution is 2.19. The van der Waals surface area contributed by atoms with Crippen molar-refractivity contribution >= 4 is 23.6 Å². The molecule has 1 atom stereocenters. The molecular formula is C26H37N7O5. The molecule has 12 nitrogen and oxygen atoms in total. The maximum absolute atomic E-state index is 12.8. The number of nitrogens with zero attached hydrogens (tertiary/aromatic N) is 4. The van der Waals surface area contributed by atoms with Gasteiger partial charge in [-0.3, -0.25) is 14.0 Å². The van der Waals surface area contributed by atoms with Gasteiger partial charge in [0, 0.05) is 19.0 Å². The van der Waals surface area contributed by atoms with Crippen LogP contribution in [0.4, 0.5) is 4.79 Å². The molecule has 2 aromatic heterocycles. The maximum atomic E-state index is 12.8. The molecule has 0 saturated carbocycles. The lowest BCUT2D eigenvalue weighted by Crippen LogP contribution is -2.41. The van der Waals surface area contributed by atoms with Gasteiger partial charge in [-0.05, 0) is 31.5 Å². The number of fused-ring (bicyclic) bond motifs is 1. The Morgan fingerprint density at radius 1 is 1.08 bits per heavy atom. The fourth-order valence-corrected chi connectivity index (χ4v) is 3.62. The van der Waals surface area contributed by atoms with Crippen molar-refractivity contribution in [2.24, 2.45) is 11.5 Å². The molecule has 0 radical (unpaired) electrons. The smallest absolute Gasteiger partial charge is 0.410 e. The fraction of sp³-hybridized carbons (Fsp3) is 0.423. The SMILES string of the molecule is C.CN(CC(N)=O)C(=O)OCc1cccc2nnc([C@@H](COCc3ccccc3)NC(=O)CC(C)(C)N)n12. The molecule has 0 spiro atoms. The van der Waals surface area contributed by atoms with Gasteiger partial charge in [-0.2, -0.15) is 0 Å². The van der Waals surface area contributed by atoms with Crippen LogP contribution in [0.3, 0.4) is 0 Å². The highest BCUT2D eigenvalue weighted by molar-refractivity contribution is 5.80. The minimum atomic E-state index is -0.716. The minimum absolute atomic E-state index is 0. The summed E-state index contributed by atoms with van der Waals surface area (Å²) in [4.78, 5) is 37.2. The molecule has 0 aliphatic carbocycles. The van der Waals surface area contributed by atoms with Gasteiger partial charge >= 0.3 is 6.09 Å². The van der Waals surface area contributed by atoms with Crippen molar-refractivity contribution in [3.8, 4) is 0 Å². The molecular weight excluding hydrogens is 490 g/mol. The van der Waals surface area contributed by atoms with E-state index >= 15 is 0 Å². The number of rotatable bonds is 12. The number of benzene rings is 1. The van der Waals surface area contributed by atoms with Crippen LogP contribution in [0.15, 0.2) is 48.5 Å². The first-order valence-electron chi connectivity index (χ1n) is 11.7. The Labute approximate surface area is 222 Å². The Bertz CT molecular complexity index is 1220. The van der Waals surface area contributed by atoms with Crippen LogP contribution in [0.25, 0.3) is 5.65 Å². The number of hydrogen-bond donors (Lipinski definition) is 3. The van der Waals surface area contributed by atoms with E-state index in [2.05, 4.69) is 15.5 Å². The number of pyridine rings is 1. The van der Waals surface area contributed by atoms with Crippen LogP contribution in [-0.2, 0) is 32.3 Å². The highest BCUT2D eigenvalue weighted by Gasteiger charge is 2.25. The van der Waals surface area contributed by atoms with Gasteiger partial charge < -0.3 is 31.2 Å². The third-order valence-electron chi connectivity index (χ3n) is 5.24. The van der Waals surface area contributed by atoms with Crippen LogP contribution in [0.1, 0.15) is 50.8 Å². The molecule has 206 valence electrons. The number of aromatic nitrogens is 3. The van der Waals surface area contributed by atoms with E-state index in [9.17, 15) is 14.4 Å². The lowest BCUT2D eigenvalue weighted by molar-refractivity contribution is -0.123. The van der Waals surface area contributed by atoms with E-state index in [0.29, 0.717) is 23.8 Å². The summed E-state index contributed by atoms with van der Waals surface area (Å²) in [5.74, 6) is -0.518. The number of carbonyl (C=O) groups excluding carboxylic acids is 3. The second kappa shape index (κ2) is 13.5. The van der Waals surface area contributed by atoms with Crippen LogP contribution in [0, 0.1) is 0 Å². The van der Waals surface area contributed by atoms with Crippen molar-refractivity contribution < 1.29 is 23.9 Å². The predicted molar refractivity (Wildman–Crippen MR) is 142 cm³/mol. The average Bonchev–Trinajstić information content (AvgIpc) is 3.26. The van der Waals surface area contributed by atoms with Crippen LogP contribution >= 0.6 is 0 Å². The molecule has 38 heavy (non-hydrogen) atoms. The summed E-state index contributed by atoms with van der Waals surface area (Å²) in [7, 11) is 1.41. The zero-order valence-corrected chi connectivity index (χ0v) is 21.2. The van der Waals surface area contributed by atoms with E-state index < -0.39 is 23.6 Å². The Morgan fingerprint density at radius 3 is 2.45 bits per heavy atom. The average molecular weight is 528 g/mol. The van der Waals surface area contributed by atoms with Gasteiger partial charge in [0.05, 0.1) is 18.9 Å². The molecule has 3 aromatic rings. The molecule has 5 N–H and O–H groups in total. The summed E-state index contributed by atoms with van der Waals surface area (Å²) < 4.78 is 13.0. The van der Waals surface area contributed by atoms with Crippen molar-refractivity contribution in [2.75, 3.05) is 20.2 Å². The van der Waals surface area contributed by atoms with Gasteiger partial charge in [0.1, 0.15) is 19.2 Å². The maximum Gasteiger partial charge on any atom is 0.410 e. The molecule has 0 unspecified atom stereocenters. The zero-order valence-electron chi connectivity index (χ0n) is 21.2. The van der Waals surface area contributed by atoms with Gasteiger partial charge in [-0.25, -0.2) is 4.79 Å². The Balaban J connectivity index is 0.00000507. The Kier molecular flexibility index (Phi) is 10.7. The van der Waals surface area contributed by atoms with Gasteiger partial charge in [0.25, 0.3) is 0 Å². The van der Waals surface area contributed by atoms with Gasteiger partial charge in [0.15, 0.2) is 11.5 Å². The van der Waals surface area contributed by atoms with Crippen molar-refractivity contribution in [2.45, 2.75) is 52.5 Å². The van der Waals surface area contributed by atoms with E-state index in [4.69, 9.17) is 20.9 Å². The third-order valence-corrected chi connectivity index (χ3v) is 5.24. The molecule has 3 amide bonds. The monoisotopic (exact) mass is 527 g/mol. The number of likely N-dealkylation sites (N-methyl/N-ethyl adjacent to an activating group) is 1. The largest absolute Gasteiger partial charge is 0.443 e. The summed E-state index contributed by atoms with van der Waals surface area (Å²) in [6.07, 6.45) is -0.623. The molecule has 0 fully saturated rings. The number of primary amides is 1. The number of ether oxygens (including phenoxy) is 2. The molecule has 0 aliphatic rings. The number of carbonyl (C=O) groups is 3. The normalized spacial score (nSPS) is 11.9. The summed E-state index contributed by atoms with van der Waals surface area (Å²) in [5.41, 5.74) is 12.5. The lowest BCUT2D eigenvalue weighted by atomic mass is 10.0. The number of amides is 3. The van der Waals surface area contributed by atoms with E-state index in [-0.39, 0.29) is 39.5 Å². The highest BCUT2D eigenvalue weighted by atomic mass is 16.6. The first kappa shape index (κ1) is 30.2. The minimum Gasteiger partial charge on any atom is -0.443 e. The molecule has 0 aliphatic heterocycles. The van der Waals surface area contributed by atoms with Gasteiger partial charge in [0.2, 0.25) is 11.8 Å². The molecule has 12 heteroatoms. The van der Waals surface area contributed by atoms with E-state index in [1.54, 1.807) is 36.4 Å². The third kappa shape index (κ3) is 8.82.